The number of hydrogen-bond acceptors (Lipinski definition) is 2. The van der Waals surface area contributed by atoms with E-state index in [1.54, 1.807) is 0 Å². The van der Waals surface area contributed by atoms with Gasteiger partial charge in [-0.2, -0.15) is 13.2 Å². The predicted octanol–water partition coefficient (Wildman–Crippen LogP) is 2.48. The van der Waals surface area contributed by atoms with E-state index in [0.717, 1.165) is 12.1 Å². The van der Waals surface area contributed by atoms with Gasteiger partial charge in [0.25, 0.3) is 0 Å². The van der Waals surface area contributed by atoms with Crippen LogP contribution in [0, 0.1) is 0 Å². The van der Waals surface area contributed by atoms with E-state index >= 15 is 0 Å². The van der Waals surface area contributed by atoms with Crippen LogP contribution in [0.2, 0.25) is 0 Å². The Bertz CT molecular complexity index is 454. The van der Waals surface area contributed by atoms with E-state index in [4.69, 9.17) is 9.84 Å². The van der Waals surface area contributed by atoms with Gasteiger partial charge in [-0.15, -0.1) is 0 Å². The van der Waals surface area contributed by atoms with E-state index in [1.165, 1.54) is 6.07 Å². The minimum atomic E-state index is -4.39. The molecule has 0 radical (unpaired) electrons. The summed E-state index contributed by atoms with van der Waals surface area (Å²) in [6, 6.07) is 3.18. The summed E-state index contributed by atoms with van der Waals surface area (Å²) in [6.07, 6.45) is -4.98. The van der Waals surface area contributed by atoms with Crippen LogP contribution in [0.4, 0.5) is 13.2 Å². The van der Waals surface area contributed by atoms with Gasteiger partial charge in [0.05, 0.1) is 12.0 Å². The molecule has 0 amide bonds. The quantitative estimate of drug-likeness (QED) is 0.872. The molecule has 1 heterocycles. The molecule has 3 nitrogen and oxygen atoms in total. The smallest absolute Gasteiger partial charge is 0.416 e. The zero-order valence-electron chi connectivity index (χ0n) is 8.62. The summed E-state index contributed by atoms with van der Waals surface area (Å²) in [7, 11) is 0. The maximum atomic E-state index is 12.4. The Morgan fingerprint density at radius 1 is 1.47 bits per heavy atom. The van der Waals surface area contributed by atoms with Gasteiger partial charge in [-0.3, -0.25) is 4.79 Å². The fraction of sp³-hybridized carbons (Fsp3) is 0.364. The summed E-state index contributed by atoms with van der Waals surface area (Å²) in [5.74, 6) is -0.692. The van der Waals surface area contributed by atoms with Crippen molar-refractivity contribution in [2.24, 2.45) is 0 Å². The Balaban J connectivity index is 2.19. The van der Waals surface area contributed by atoms with Gasteiger partial charge < -0.3 is 9.84 Å². The molecule has 92 valence electrons. The molecule has 6 heteroatoms. The first-order chi connectivity index (χ1) is 7.86. The van der Waals surface area contributed by atoms with Gasteiger partial charge in [-0.1, -0.05) is 0 Å². The first-order valence-electron chi connectivity index (χ1n) is 4.95. The van der Waals surface area contributed by atoms with Crippen molar-refractivity contribution in [3.63, 3.8) is 0 Å². The zero-order chi connectivity index (χ0) is 12.6. The summed E-state index contributed by atoms with van der Waals surface area (Å²) in [6.45, 7) is 0. The van der Waals surface area contributed by atoms with Gasteiger partial charge in [-0.05, 0) is 23.8 Å². The van der Waals surface area contributed by atoms with Crippen LogP contribution in [0.5, 0.6) is 5.75 Å². The molecule has 1 aliphatic heterocycles. The Morgan fingerprint density at radius 2 is 2.18 bits per heavy atom. The number of carboxylic acids is 1. The van der Waals surface area contributed by atoms with Crippen LogP contribution in [0.3, 0.4) is 0 Å². The Kier molecular flexibility index (Phi) is 2.73. The Labute approximate surface area is 94.8 Å². The van der Waals surface area contributed by atoms with Gasteiger partial charge in [0.15, 0.2) is 0 Å². The monoisotopic (exact) mass is 246 g/mol. The van der Waals surface area contributed by atoms with Crippen molar-refractivity contribution in [3.8, 4) is 5.75 Å². The molecular weight excluding hydrogens is 237 g/mol. The molecule has 1 unspecified atom stereocenters. The third-order valence-electron chi connectivity index (χ3n) is 2.53. The molecule has 0 fully saturated rings. The van der Waals surface area contributed by atoms with Crippen LogP contribution in [-0.2, 0) is 17.4 Å². The molecular formula is C11H9F3O3. The molecule has 1 aromatic rings. The van der Waals surface area contributed by atoms with Gasteiger partial charge in [-0.25, -0.2) is 0 Å². The molecule has 0 aromatic heterocycles. The summed E-state index contributed by atoms with van der Waals surface area (Å²) in [4.78, 5) is 10.5. The standard InChI is InChI=1S/C11H9F3O3/c12-11(13,14)7-1-2-9-6(3-7)4-8(17-9)5-10(15)16/h1-3,8H,4-5H2,(H,15,16). The van der Waals surface area contributed by atoms with E-state index < -0.39 is 23.8 Å². The van der Waals surface area contributed by atoms with Crippen LogP contribution >= 0.6 is 0 Å². The maximum Gasteiger partial charge on any atom is 0.416 e. The van der Waals surface area contributed by atoms with Crippen LogP contribution in [0.25, 0.3) is 0 Å². The number of benzene rings is 1. The second kappa shape index (κ2) is 3.94. The molecule has 17 heavy (non-hydrogen) atoms. The lowest BCUT2D eigenvalue weighted by molar-refractivity contribution is -0.139. The molecule has 0 saturated carbocycles. The summed E-state index contributed by atoms with van der Waals surface area (Å²) in [5.41, 5.74) is -0.332. The minimum Gasteiger partial charge on any atom is -0.489 e. The van der Waals surface area contributed by atoms with E-state index in [1.807, 2.05) is 0 Å². The number of hydrogen-bond donors (Lipinski definition) is 1. The lowest BCUT2D eigenvalue weighted by Crippen LogP contribution is -2.17. The van der Waals surface area contributed by atoms with Crippen LogP contribution < -0.4 is 4.74 Å². The lowest BCUT2D eigenvalue weighted by Gasteiger charge is -2.08. The van der Waals surface area contributed by atoms with Crippen molar-refractivity contribution in [1.82, 2.24) is 0 Å². The number of halogens is 3. The van der Waals surface area contributed by atoms with Gasteiger partial charge in [0.1, 0.15) is 11.9 Å². The van der Waals surface area contributed by atoms with Crippen molar-refractivity contribution >= 4 is 5.97 Å². The zero-order valence-corrected chi connectivity index (χ0v) is 8.62. The topological polar surface area (TPSA) is 46.5 Å². The van der Waals surface area contributed by atoms with Crippen molar-refractivity contribution in [1.29, 1.82) is 0 Å². The lowest BCUT2D eigenvalue weighted by atomic mass is 10.1. The molecule has 2 rings (SSSR count). The largest absolute Gasteiger partial charge is 0.489 e. The van der Waals surface area contributed by atoms with Gasteiger partial charge in [0.2, 0.25) is 0 Å². The highest BCUT2D eigenvalue weighted by molar-refractivity contribution is 5.67. The molecule has 0 spiro atoms. The van der Waals surface area contributed by atoms with Crippen molar-refractivity contribution in [2.45, 2.75) is 25.1 Å². The number of aliphatic carboxylic acids is 1. The second-order valence-corrected chi connectivity index (χ2v) is 3.86. The molecule has 1 N–H and O–H groups in total. The van der Waals surface area contributed by atoms with Crippen LogP contribution in [-0.4, -0.2) is 17.2 Å². The number of fused-ring (bicyclic) bond motifs is 1. The Hall–Kier alpha value is -1.72. The average molecular weight is 246 g/mol. The first-order valence-corrected chi connectivity index (χ1v) is 4.95. The number of carboxylic acid groups (broad SMARTS) is 1. The second-order valence-electron chi connectivity index (χ2n) is 3.86. The molecule has 0 saturated heterocycles. The number of ether oxygens (including phenoxy) is 1. The highest BCUT2D eigenvalue weighted by Crippen LogP contribution is 2.36. The Morgan fingerprint density at radius 3 is 2.76 bits per heavy atom. The molecule has 1 aliphatic rings. The van der Waals surface area contributed by atoms with E-state index in [0.29, 0.717) is 11.3 Å². The fourth-order valence-electron chi connectivity index (χ4n) is 1.81. The molecule has 1 aromatic carbocycles. The number of carbonyl (C=O) groups is 1. The summed E-state index contributed by atoms with van der Waals surface area (Å²) in [5, 5.41) is 8.58. The fourth-order valence-corrected chi connectivity index (χ4v) is 1.81. The summed E-state index contributed by atoms with van der Waals surface area (Å²) < 4.78 is 42.5. The van der Waals surface area contributed by atoms with E-state index in [-0.39, 0.29) is 12.8 Å². The SMILES string of the molecule is O=C(O)CC1Cc2cc(C(F)(F)F)ccc2O1. The van der Waals surface area contributed by atoms with Crippen molar-refractivity contribution in [2.75, 3.05) is 0 Å². The third-order valence-corrected chi connectivity index (χ3v) is 2.53. The molecule has 0 aliphatic carbocycles. The van der Waals surface area contributed by atoms with Crippen LogP contribution in [0.1, 0.15) is 17.5 Å². The maximum absolute atomic E-state index is 12.4. The van der Waals surface area contributed by atoms with E-state index in [2.05, 4.69) is 0 Å². The van der Waals surface area contributed by atoms with Crippen LogP contribution in [0.15, 0.2) is 18.2 Å². The molecule has 1 atom stereocenters. The highest BCUT2D eigenvalue weighted by Gasteiger charge is 2.33. The third kappa shape index (κ3) is 2.51. The minimum absolute atomic E-state index is 0.200. The predicted molar refractivity (Wildman–Crippen MR) is 51.8 cm³/mol. The van der Waals surface area contributed by atoms with E-state index in [9.17, 15) is 18.0 Å². The number of alkyl halides is 3. The average Bonchev–Trinajstić information content (AvgIpc) is 2.55. The van der Waals surface area contributed by atoms with Gasteiger partial charge >= 0.3 is 12.1 Å². The highest BCUT2D eigenvalue weighted by atomic mass is 19.4. The van der Waals surface area contributed by atoms with Crippen molar-refractivity contribution in [3.05, 3.63) is 29.3 Å². The normalized spacial score (nSPS) is 18.6. The summed E-state index contributed by atoms with van der Waals surface area (Å²) >= 11 is 0. The van der Waals surface area contributed by atoms with Gasteiger partial charge in [0, 0.05) is 6.42 Å². The first kappa shape index (κ1) is 11.8. The van der Waals surface area contributed by atoms with Crippen molar-refractivity contribution < 1.29 is 27.8 Å². The molecule has 0 bridgehead atoms. The number of rotatable bonds is 2.